The van der Waals surface area contributed by atoms with Crippen LogP contribution in [-0.2, 0) is 6.42 Å². The first kappa shape index (κ1) is 19.9. The van der Waals surface area contributed by atoms with Crippen molar-refractivity contribution in [3.05, 3.63) is 93.9 Å². The molecule has 2 aromatic heterocycles. The van der Waals surface area contributed by atoms with Crippen molar-refractivity contribution in [1.82, 2.24) is 9.97 Å². The first-order valence-corrected chi connectivity index (χ1v) is 11.2. The van der Waals surface area contributed by atoms with Gasteiger partial charge in [0.05, 0.1) is 5.69 Å². The zero-order chi connectivity index (χ0) is 21.4. The van der Waals surface area contributed by atoms with Crippen LogP contribution in [0, 0.1) is 23.6 Å². The molecule has 0 radical (unpaired) electrons. The highest BCUT2D eigenvalue weighted by Crippen LogP contribution is 2.48. The fourth-order valence-electron chi connectivity index (χ4n) is 5.54. The van der Waals surface area contributed by atoms with Gasteiger partial charge in [-0.2, -0.15) is 0 Å². The Balaban J connectivity index is 1.43. The number of benzene rings is 1. The Morgan fingerprint density at radius 2 is 2.03 bits per heavy atom. The van der Waals surface area contributed by atoms with Gasteiger partial charge in [-0.3, -0.25) is 9.78 Å². The molecule has 3 nitrogen and oxygen atoms in total. The molecule has 2 aliphatic carbocycles. The van der Waals surface area contributed by atoms with Gasteiger partial charge in [-0.05, 0) is 78.0 Å². The molecule has 0 spiro atoms. The van der Waals surface area contributed by atoms with Gasteiger partial charge in [-0.25, -0.2) is 4.39 Å². The SMILES string of the molecule is C[C@@H]1CC[C@@H]2[C@H](Cc3c[nH]c(=O)cc3[C@H]2/C=C/c2ccc(-c3cccc(F)c3)cn2)C1. The summed E-state index contributed by atoms with van der Waals surface area (Å²) in [6.07, 6.45) is 12.8. The lowest BCUT2D eigenvalue weighted by atomic mass is 9.62. The van der Waals surface area contributed by atoms with E-state index in [2.05, 4.69) is 29.0 Å². The average molecular weight is 415 g/mol. The lowest BCUT2D eigenvalue weighted by Gasteiger charge is -2.43. The number of halogens is 1. The highest BCUT2D eigenvalue weighted by atomic mass is 19.1. The maximum atomic E-state index is 13.5. The van der Waals surface area contributed by atoms with Gasteiger partial charge in [-0.1, -0.05) is 37.6 Å². The van der Waals surface area contributed by atoms with E-state index in [0.29, 0.717) is 11.8 Å². The van der Waals surface area contributed by atoms with Crippen molar-refractivity contribution in [2.45, 2.75) is 38.5 Å². The monoisotopic (exact) mass is 414 g/mol. The zero-order valence-electron chi connectivity index (χ0n) is 17.7. The van der Waals surface area contributed by atoms with E-state index in [9.17, 15) is 9.18 Å². The van der Waals surface area contributed by atoms with Crippen molar-refractivity contribution in [3.63, 3.8) is 0 Å². The number of rotatable bonds is 3. The summed E-state index contributed by atoms with van der Waals surface area (Å²) in [5, 5.41) is 0. The van der Waals surface area contributed by atoms with Gasteiger partial charge in [0.25, 0.3) is 0 Å². The number of pyridine rings is 2. The van der Waals surface area contributed by atoms with E-state index < -0.39 is 0 Å². The lowest BCUT2D eigenvalue weighted by molar-refractivity contribution is 0.162. The van der Waals surface area contributed by atoms with Crippen molar-refractivity contribution in [1.29, 1.82) is 0 Å². The van der Waals surface area contributed by atoms with E-state index in [1.165, 1.54) is 42.5 Å². The van der Waals surface area contributed by atoms with Crippen LogP contribution in [-0.4, -0.2) is 9.97 Å². The summed E-state index contributed by atoms with van der Waals surface area (Å²) >= 11 is 0. The van der Waals surface area contributed by atoms with E-state index >= 15 is 0 Å². The number of allylic oxidation sites excluding steroid dienone is 1. The van der Waals surface area contributed by atoms with Gasteiger partial charge < -0.3 is 4.98 Å². The van der Waals surface area contributed by atoms with Crippen LogP contribution in [0.25, 0.3) is 17.2 Å². The van der Waals surface area contributed by atoms with Crippen LogP contribution in [0.2, 0.25) is 0 Å². The summed E-state index contributed by atoms with van der Waals surface area (Å²) in [6.45, 7) is 2.35. The molecule has 4 heteroatoms. The second kappa shape index (κ2) is 8.26. The molecule has 1 N–H and O–H groups in total. The lowest BCUT2D eigenvalue weighted by Crippen LogP contribution is -2.34. The van der Waals surface area contributed by atoms with Gasteiger partial charge in [0.2, 0.25) is 5.56 Å². The molecule has 0 amide bonds. The van der Waals surface area contributed by atoms with Crippen LogP contribution in [0.15, 0.2) is 65.7 Å². The molecule has 5 rings (SSSR count). The third-order valence-corrected chi connectivity index (χ3v) is 7.07. The normalized spacial score (nSPS) is 25.2. The van der Waals surface area contributed by atoms with Crippen LogP contribution in [0.5, 0.6) is 0 Å². The number of fused-ring (bicyclic) bond motifs is 2. The van der Waals surface area contributed by atoms with Crippen molar-refractivity contribution in [2.24, 2.45) is 17.8 Å². The van der Waals surface area contributed by atoms with E-state index in [4.69, 9.17) is 0 Å². The first-order chi connectivity index (χ1) is 15.1. The standard InChI is InChI=1S/C27H27FN2O/c1-17-5-9-24-20(11-17)12-21-16-30-27(31)14-26(21)25(24)10-8-23-7-6-19(15-29-23)18-3-2-4-22(28)13-18/h2-4,6-8,10,13-17,20,24-25H,5,9,11-12H2,1H3,(H,30,31)/b10-8+/t17-,20+,24-,25+/m1/s1. The quantitative estimate of drug-likeness (QED) is 0.573. The molecule has 0 saturated heterocycles. The second-order valence-electron chi connectivity index (χ2n) is 9.19. The highest BCUT2D eigenvalue weighted by Gasteiger charge is 2.38. The largest absolute Gasteiger partial charge is 0.329 e. The summed E-state index contributed by atoms with van der Waals surface area (Å²) in [6, 6.07) is 12.3. The van der Waals surface area contributed by atoms with E-state index in [1.54, 1.807) is 18.3 Å². The fourth-order valence-corrected chi connectivity index (χ4v) is 5.54. The predicted octanol–water partition coefficient (Wildman–Crippen LogP) is 5.98. The van der Waals surface area contributed by atoms with Gasteiger partial charge in [-0.15, -0.1) is 0 Å². The van der Waals surface area contributed by atoms with Crippen LogP contribution in [0.1, 0.15) is 48.9 Å². The molecule has 3 aromatic rings. The summed E-state index contributed by atoms with van der Waals surface area (Å²) < 4.78 is 13.5. The number of nitrogens with one attached hydrogen (secondary N) is 1. The highest BCUT2D eigenvalue weighted by molar-refractivity contribution is 5.63. The molecule has 2 aliphatic rings. The summed E-state index contributed by atoms with van der Waals surface area (Å²) in [5.41, 5.74) is 5.01. The summed E-state index contributed by atoms with van der Waals surface area (Å²) in [5.74, 6) is 2.01. The molecule has 158 valence electrons. The Bertz CT molecular complexity index is 1160. The van der Waals surface area contributed by atoms with Gasteiger partial charge in [0.1, 0.15) is 5.82 Å². The van der Waals surface area contributed by atoms with Crippen molar-refractivity contribution in [3.8, 4) is 11.1 Å². The maximum Gasteiger partial charge on any atom is 0.248 e. The van der Waals surface area contributed by atoms with Crippen LogP contribution in [0.3, 0.4) is 0 Å². The average Bonchev–Trinajstić information content (AvgIpc) is 2.77. The molecule has 0 unspecified atom stereocenters. The number of aromatic nitrogens is 2. The molecule has 1 fully saturated rings. The number of nitrogens with zero attached hydrogens (tertiary/aromatic N) is 1. The predicted molar refractivity (Wildman–Crippen MR) is 122 cm³/mol. The molecule has 1 saturated carbocycles. The number of hydrogen-bond acceptors (Lipinski definition) is 2. The van der Waals surface area contributed by atoms with Gasteiger partial charge >= 0.3 is 0 Å². The molecule has 1 aromatic carbocycles. The van der Waals surface area contributed by atoms with Gasteiger partial charge in [0.15, 0.2) is 0 Å². The third-order valence-electron chi connectivity index (χ3n) is 7.07. The number of aromatic amines is 1. The minimum Gasteiger partial charge on any atom is -0.329 e. The van der Waals surface area contributed by atoms with Crippen LogP contribution < -0.4 is 5.56 Å². The van der Waals surface area contributed by atoms with E-state index in [-0.39, 0.29) is 17.3 Å². The fraction of sp³-hybridized carbons (Fsp3) is 0.333. The maximum absolute atomic E-state index is 13.5. The van der Waals surface area contributed by atoms with Gasteiger partial charge in [0, 0.05) is 29.9 Å². The summed E-state index contributed by atoms with van der Waals surface area (Å²) in [7, 11) is 0. The molecular weight excluding hydrogens is 387 g/mol. The minimum absolute atomic E-state index is 0.0302. The topological polar surface area (TPSA) is 45.8 Å². The smallest absolute Gasteiger partial charge is 0.248 e. The third kappa shape index (κ3) is 4.12. The molecule has 0 bridgehead atoms. The number of H-pyrrole nitrogens is 1. The molecule has 4 atom stereocenters. The Morgan fingerprint density at radius 1 is 1.13 bits per heavy atom. The Hall–Kier alpha value is -3.01. The van der Waals surface area contributed by atoms with Crippen molar-refractivity contribution < 1.29 is 4.39 Å². The van der Waals surface area contributed by atoms with Crippen molar-refractivity contribution >= 4 is 6.08 Å². The Kier molecular flexibility index (Phi) is 5.31. The van der Waals surface area contributed by atoms with Crippen molar-refractivity contribution in [2.75, 3.05) is 0 Å². The van der Waals surface area contributed by atoms with Crippen LogP contribution in [0.4, 0.5) is 4.39 Å². The van der Waals surface area contributed by atoms with Crippen LogP contribution >= 0.6 is 0 Å². The Morgan fingerprint density at radius 3 is 2.84 bits per heavy atom. The Labute approximate surface area is 182 Å². The molecule has 31 heavy (non-hydrogen) atoms. The summed E-state index contributed by atoms with van der Waals surface area (Å²) in [4.78, 5) is 19.5. The molecular formula is C27H27FN2O. The number of hydrogen-bond donors (Lipinski definition) is 1. The minimum atomic E-state index is -0.247. The molecule has 0 aliphatic heterocycles. The second-order valence-corrected chi connectivity index (χ2v) is 9.19. The molecule has 2 heterocycles. The van der Waals surface area contributed by atoms with E-state index in [0.717, 1.165) is 29.2 Å². The van der Waals surface area contributed by atoms with E-state index in [1.807, 2.05) is 24.4 Å². The first-order valence-electron chi connectivity index (χ1n) is 11.2. The zero-order valence-corrected chi connectivity index (χ0v) is 17.7.